The number of carbonyl (C=O) groups is 1. The summed E-state index contributed by atoms with van der Waals surface area (Å²) >= 11 is 0. The van der Waals surface area contributed by atoms with E-state index in [4.69, 9.17) is 14.9 Å². The number of ether oxygens (including phenoxy) is 2. The average molecular weight is 453 g/mol. The largest absolute Gasteiger partial charge is 0.494 e. The van der Waals surface area contributed by atoms with Gasteiger partial charge in [-0.1, -0.05) is 27.7 Å². The molecule has 1 aliphatic rings. The van der Waals surface area contributed by atoms with Crippen LogP contribution >= 0.6 is 0 Å². The summed E-state index contributed by atoms with van der Waals surface area (Å²) in [6.07, 6.45) is 0.762. The number of aromatic nitrogens is 4. The van der Waals surface area contributed by atoms with Crippen molar-refractivity contribution in [3.63, 3.8) is 0 Å². The molecule has 1 aromatic carbocycles. The number of methoxy groups -OCH3 is 1. The summed E-state index contributed by atoms with van der Waals surface area (Å²) in [5.41, 5.74) is 3.71. The van der Waals surface area contributed by atoms with E-state index in [0.29, 0.717) is 24.4 Å². The van der Waals surface area contributed by atoms with E-state index in [9.17, 15) is 4.79 Å². The van der Waals surface area contributed by atoms with Gasteiger partial charge in [0.2, 0.25) is 5.62 Å². The number of Topliss-reactive ketones (excluding diaryl/α,β-unsaturated/α-hetero) is 1. The van der Waals surface area contributed by atoms with Gasteiger partial charge in [0.25, 0.3) is 0 Å². The van der Waals surface area contributed by atoms with Gasteiger partial charge in [-0.25, -0.2) is 4.68 Å². The van der Waals surface area contributed by atoms with Crippen LogP contribution in [0.3, 0.4) is 0 Å². The first kappa shape index (κ1) is 23.0. The van der Waals surface area contributed by atoms with Crippen molar-refractivity contribution in [3.8, 4) is 5.75 Å². The van der Waals surface area contributed by atoms with Gasteiger partial charge in [0.05, 0.1) is 31.7 Å². The van der Waals surface area contributed by atoms with Gasteiger partial charge in [-0.15, -0.1) is 5.10 Å². The predicted molar refractivity (Wildman–Crippen MR) is 125 cm³/mol. The zero-order chi connectivity index (χ0) is 23.8. The van der Waals surface area contributed by atoms with Crippen LogP contribution in [0.1, 0.15) is 49.3 Å². The van der Waals surface area contributed by atoms with Gasteiger partial charge in [-0.05, 0) is 36.1 Å². The third-order valence-corrected chi connectivity index (χ3v) is 5.95. The lowest BCUT2D eigenvalue weighted by atomic mass is 9.84. The Balaban J connectivity index is 1.75. The van der Waals surface area contributed by atoms with Gasteiger partial charge in [0.1, 0.15) is 12.3 Å². The number of hydrogen-bond acceptors (Lipinski definition) is 7. The minimum absolute atomic E-state index is 0.0396. The first-order chi connectivity index (χ1) is 15.7. The second kappa shape index (κ2) is 8.97. The van der Waals surface area contributed by atoms with Gasteiger partial charge in [0.15, 0.2) is 11.4 Å². The minimum Gasteiger partial charge on any atom is -0.494 e. The molecule has 0 amide bonds. The number of ketones is 1. The van der Waals surface area contributed by atoms with E-state index in [-0.39, 0.29) is 23.4 Å². The molecule has 1 fully saturated rings. The average Bonchev–Trinajstić information content (AvgIpc) is 3.12. The third-order valence-electron chi connectivity index (χ3n) is 5.95. The van der Waals surface area contributed by atoms with E-state index in [1.165, 1.54) is 9.20 Å². The topological polar surface area (TPSA) is 97.7 Å². The van der Waals surface area contributed by atoms with Gasteiger partial charge < -0.3 is 14.4 Å². The summed E-state index contributed by atoms with van der Waals surface area (Å²) in [7, 11) is 1.67. The number of rotatable bonds is 6. The number of nitrogens with zero attached hydrogens (tertiary/aromatic N) is 5. The molecular weight excluding hydrogens is 420 g/mol. The highest BCUT2D eigenvalue weighted by Gasteiger charge is 2.27. The molecule has 0 bridgehead atoms. The van der Waals surface area contributed by atoms with Crippen molar-refractivity contribution in [1.29, 1.82) is 5.41 Å². The molecule has 4 rings (SSSR count). The molecule has 0 atom stereocenters. The Morgan fingerprint density at radius 3 is 2.55 bits per heavy atom. The Morgan fingerprint density at radius 1 is 1.18 bits per heavy atom. The molecule has 0 unspecified atom stereocenters. The number of hydrogen-bond donors (Lipinski definition) is 1. The molecule has 9 nitrogen and oxygen atoms in total. The molecule has 33 heavy (non-hydrogen) atoms. The van der Waals surface area contributed by atoms with Crippen LogP contribution in [0.2, 0.25) is 0 Å². The molecule has 0 radical (unpaired) electrons. The smallest absolute Gasteiger partial charge is 0.242 e. The zero-order valence-corrected chi connectivity index (χ0v) is 20.0. The number of fused-ring (bicyclic) bond motifs is 1. The summed E-state index contributed by atoms with van der Waals surface area (Å²) in [5, 5.41) is 17.3. The standard InChI is InChI=1S/C24H32N6O3/c1-6-17-7-8-21-27-29(23(25)30(21)26-17)15-20(31)16-13-18(24(2,3)4)22(32-5)19(14-16)28-9-11-33-12-10-28/h7-8,13-14,25H,6,9-12,15H2,1-5H3. The Labute approximate surface area is 193 Å². The Bertz CT molecular complexity index is 1230. The normalized spacial score (nSPS) is 14.6. The van der Waals surface area contributed by atoms with Gasteiger partial charge in [-0.3, -0.25) is 10.2 Å². The molecule has 1 N–H and O–H groups in total. The second-order valence-electron chi connectivity index (χ2n) is 9.28. The zero-order valence-electron chi connectivity index (χ0n) is 20.0. The van der Waals surface area contributed by atoms with E-state index >= 15 is 0 Å². The Hall–Kier alpha value is -3.20. The first-order valence-corrected chi connectivity index (χ1v) is 11.3. The van der Waals surface area contributed by atoms with Crippen molar-refractivity contribution < 1.29 is 14.3 Å². The number of benzene rings is 1. The fourth-order valence-electron chi connectivity index (χ4n) is 4.08. The molecule has 0 aliphatic carbocycles. The molecule has 1 aliphatic heterocycles. The summed E-state index contributed by atoms with van der Waals surface area (Å²) in [4.78, 5) is 15.6. The van der Waals surface area contributed by atoms with Crippen LogP contribution < -0.4 is 15.3 Å². The van der Waals surface area contributed by atoms with Crippen molar-refractivity contribution in [2.24, 2.45) is 0 Å². The van der Waals surface area contributed by atoms with Crippen LogP contribution in [0.5, 0.6) is 5.75 Å². The molecule has 3 heterocycles. The molecule has 0 spiro atoms. The van der Waals surface area contributed by atoms with Crippen LogP contribution in [-0.2, 0) is 23.1 Å². The van der Waals surface area contributed by atoms with E-state index in [1.54, 1.807) is 7.11 Å². The van der Waals surface area contributed by atoms with E-state index in [1.807, 2.05) is 31.2 Å². The molecule has 176 valence electrons. The Kier molecular flexibility index (Phi) is 6.25. The van der Waals surface area contributed by atoms with Crippen LogP contribution in [0.15, 0.2) is 24.3 Å². The minimum atomic E-state index is -0.222. The number of anilines is 1. The lowest BCUT2D eigenvalue weighted by molar-refractivity contribution is 0.0965. The fraction of sp³-hybridized carbons (Fsp3) is 0.500. The molecule has 9 heteroatoms. The number of carbonyl (C=O) groups excluding carboxylic acids is 1. The summed E-state index contributed by atoms with van der Waals surface area (Å²) in [6, 6.07) is 7.53. The number of aryl methyl sites for hydroxylation is 1. The second-order valence-corrected chi connectivity index (χ2v) is 9.28. The lowest BCUT2D eigenvalue weighted by Gasteiger charge is -2.33. The molecule has 2 aromatic heterocycles. The van der Waals surface area contributed by atoms with Crippen molar-refractivity contribution in [1.82, 2.24) is 19.4 Å². The van der Waals surface area contributed by atoms with Gasteiger partial charge in [-0.2, -0.15) is 9.61 Å². The SMILES string of the molecule is CCc1ccc2nn(CC(=O)c3cc(N4CCOCC4)c(OC)c(C(C)(C)C)c3)c(=N)n2n1. The quantitative estimate of drug-likeness (QED) is 0.578. The highest BCUT2D eigenvalue weighted by molar-refractivity contribution is 5.97. The van der Waals surface area contributed by atoms with Crippen LogP contribution in [0.4, 0.5) is 5.69 Å². The number of nitrogens with one attached hydrogen (secondary N) is 1. The Morgan fingerprint density at radius 2 is 1.91 bits per heavy atom. The summed E-state index contributed by atoms with van der Waals surface area (Å²) in [6.45, 7) is 11.0. The van der Waals surface area contributed by atoms with Crippen LogP contribution in [-0.4, -0.2) is 58.6 Å². The highest BCUT2D eigenvalue weighted by Crippen LogP contribution is 2.40. The molecule has 0 saturated carbocycles. The van der Waals surface area contributed by atoms with E-state index in [2.05, 4.69) is 35.9 Å². The van der Waals surface area contributed by atoms with E-state index < -0.39 is 0 Å². The lowest BCUT2D eigenvalue weighted by Crippen LogP contribution is -2.37. The molecule has 3 aromatic rings. The van der Waals surface area contributed by atoms with E-state index in [0.717, 1.165) is 42.2 Å². The maximum atomic E-state index is 13.4. The van der Waals surface area contributed by atoms with Gasteiger partial charge in [0, 0.05) is 24.2 Å². The van der Waals surface area contributed by atoms with Crippen molar-refractivity contribution in [2.75, 3.05) is 38.3 Å². The van der Waals surface area contributed by atoms with Crippen molar-refractivity contribution >= 4 is 17.1 Å². The third kappa shape index (κ3) is 4.50. The highest BCUT2D eigenvalue weighted by atomic mass is 16.5. The molecule has 1 saturated heterocycles. The van der Waals surface area contributed by atoms with Crippen LogP contribution in [0, 0.1) is 5.41 Å². The fourth-order valence-corrected chi connectivity index (χ4v) is 4.08. The molecular formula is C24H32N6O3. The van der Waals surface area contributed by atoms with Crippen LogP contribution in [0.25, 0.3) is 5.65 Å². The van der Waals surface area contributed by atoms with Crippen molar-refractivity contribution in [2.45, 2.75) is 46.1 Å². The maximum Gasteiger partial charge on any atom is 0.242 e. The first-order valence-electron chi connectivity index (χ1n) is 11.3. The predicted octanol–water partition coefficient (Wildman–Crippen LogP) is 2.60. The number of morpholine rings is 1. The van der Waals surface area contributed by atoms with Gasteiger partial charge >= 0.3 is 0 Å². The monoisotopic (exact) mass is 452 g/mol. The summed E-state index contributed by atoms with van der Waals surface area (Å²) < 4.78 is 14.2. The van der Waals surface area contributed by atoms with Crippen molar-refractivity contribution in [3.05, 3.63) is 46.7 Å². The summed E-state index contributed by atoms with van der Waals surface area (Å²) in [5.74, 6) is 0.675. The maximum absolute atomic E-state index is 13.4.